The number of rotatable bonds is 8. The van der Waals surface area contributed by atoms with E-state index in [1.807, 2.05) is 49.5 Å². The van der Waals surface area contributed by atoms with E-state index in [0.717, 1.165) is 46.9 Å². The number of amides is 1. The lowest BCUT2D eigenvalue weighted by Gasteiger charge is -2.14. The van der Waals surface area contributed by atoms with Crippen molar-refractivity contribution in [3.05, 3.63) is 77.9 Å². The molecule has 0 aliphatic heterocycles. The van der Waals surface area contributed by atoms with Crippen LogP contribution in [0, 0.1) is 0 Å². The van der Waals surface area contributed by atoms with Crippen LogP contribution in [0.2, 0.25) is 0 Å². The summed E-state index contributed by atoms with van der Waals surface area (Å²) in [5.74, 6) is 0.224. The smallest absolute Gasteiger partial charge is 0.251 e. The number of para-hydroxylation sites is 1. The molecule has 0 saturated carbocycles. The number of pyridine rings is 1. The summed E-state index contributed by atoms with van der Waals surface area (Å²) in [6.07, 6.45) is 5.49. The zero-order chi connectivity index (χ0) is 24.2. The van der Waals surface area contributed by atoms with E-state index >= 15 is 0 Å². The first kappa shape index (κ1) is 22.5. The summed E-state index contributed by atoms with van der Waals surface area (Å²) < 4.78 is 7.20. The number of carbonyl (C=O) groups is 2. The molecule has 0 radical (unpaired) electrons. The van der Waals surface area contributed by atoms with Gasteiger partial charge in [-0.1, -0.05) is 18.2 Å². The van der Waals surface area contributed by atoms with Crippen LogP contribution in [0.5, 0.6) is 0 Å². The Balaban J connectivity index is 1.36. The fraction of sp³-hybridized carbons (Fsp3) is 0.231. The number of anilines is 3. The number of nitrogens with zero attached hydrogens (tertiary/aromatic N) is 3. The van der Waals surface area contributed by atoms with Crippen molar-refractivity contribution >= 4 is 28.9 Å². The third-order valence-corrected chi connectivity index (χ3v) is 5.95. The molecule has 1 aromatic carbocycles. The van der Waals surface area contributed by atoms with Gasteiger partial charge in [0.1, 0.15) is 12.4 Å². The molecule has 3 N–H and O–H groups in total. The minimum atomic E-state index is -0.305. The van der Waals surface area contributed by atoms with Crippen molar-refractivity contribution in [1.29, 1.82) is 0 Å². The first-order valence-electron chi connectivity index (χ1n) is 11.5. The van der Waals surface area contributed by atoms with Crippen LogP contribution in [0.4, 0.5) is 17.2 Å². The first-order chi connectivity index (χ1) is 17.1. The van der Waals surface area contributed by atoms with Gasteiger partial charge >= 0.3 is 0 Å². The van der Waals surface area contributed by atoms with Crippen molar-refractivity contribution in [3.63, 3.8) is 0 Å². The summed E-state index contributed by atoms with van der Waals surface area (Å²) in [6, 6.07) is 15.2. The molecule has 9 nitrogen and oxygen atoms in total. The standard InChI is InChI=1S/C26H26N6O3/c1-32-19(11-13-28-32)15-35-16-23(34)31-22-14-17(10-12-27-22)25-26(29-18-6-3-2-4-7-18)24-20(30-25)8-5-9-21(24)33/h2-4,6-7,10-14,29-30H,5,8-9,15-16H2,1H3,(H,27,31,34). The number of ether oxygens (including phenoxy) is 1. The number of carbonyl (C=O) groups excluding carboxylic acids is 2. The summed E-state index contributed by atoms with van der Waals surface area (Å²) in [5.41, 5.74) is 5.76. The SMILES string of the molecule is Cn1nccc1COCC(=O)Nc1cc(-c2[nH]c3c(c2Nc2ccccc2)C(=O)CCC3)ccn1. The van der Waals surface area contributed by atoms with Crippen LogP contribution in [0.25, 0.3) is 11.3 Å². The molecule has 178 valence electrons. The van der Waals surface area contributed by atoms with Gasteiger partial charge in [0.25, 0.3) is 5.91 Å². The lowest BCUT2D eigenvalue weighted by atomic mass is 9.95. The highest BCUT2D eigenvalue weighted by molar-refractivity contribution is 6.07. The summed E-state index contributed by atoms with van der Waals surface area (Å²) in [6.45, 7) is 0.178. The predicted octanol–water partition coefficient (Wildman–Crippen LogP) is 4.23. The summed E-state index contributed by atoms with van der Waals surface area (Å²) in [5, 5.41) is 10.3. The molecule has 35 heavy (non-hydrogen) atoms. The monoisotopic (exact) mass is 470 g/mol. The van der Waals surface area contributed by atoms with Crippen LogP contribution >= 0.6 is 0 Å². The highest BCUT2D eigenvalue weighted by Gasteiger charge is 2.27. The van der Waals surface area contributed by atoms with Gasteiger partial charge in [-0.15, -0.1) is 0 Å². The quantitative estimate of drug-likeness (QED) is 0.355. The normalized spacial score (nSPS) is 12.9. The van der Waals surface area contributed by atoms with Crippen LogP contribution < -0.4 is 10.6 Å². The minimum Gasteiger partial charge on any atom is -0.365 e. The van der Waals surface area contributed by atoms with Gasteiger partial charge in [-0.3, -0.25) is 14.3 Å². The number of aromatic amines is 1. The van der Waals surface area contributed by atoms with Gasteiger partial charge < -0.3 is 20.4 Å². The lowest BCUT2D eigenvalue weighted by molar-refractivity contribution is -0.121. The van der Waals surface area contributed by atoms with Gasteiger partial charge in [-0.25, -0.2) is 4.98 Å². The number of hydrogen-bond donors (Lipinski definition) is 3. The van der Waals surface area contributed by atoms with Crippen LogP contribution in [0.1, 0.15) is 34.6 Å². The lowest BCUT2D eigenvalue weighted by Crippen LogP contribution is -2.19. The maximum Gasteiger partial charge on any atom is 0.251 e. The second-order valence-electron chi connectivity index (χ2n) is 8.41. The number of nitrogens with one attached hydrogen (secondary N) is 3. The number of benzene rings is 1. The Morgan fingerprint density at radius 3 is 2.80 bits per heavy atom. The average Bonchev–Trinajstić information content (AvgIpc) is 3.44. The van der Waals surface area contributed by atoms with Gasteiger partial charge in [0.2, 0.25) is 0 Å². The summed E-state index contributed by atoms with van der Waals surface area (Å²) in [7, 11) is 1.82. The molecular weight excluding hydrogens is 444 g/mol. The molecule has 0 bridgehead atoms. The Morgan fingerprint density at radius 2 is 2.00 bits per heavy atom. The van der Waals surface area contributed by atoms with Crippen LogP contribution in [-0.2, 0) is 29.6 Å². The fourth-order valence-corrected chi connectivity index (χ4v) is 4.23. The molecule has 0 saturated heterocycles. The Kier molecular flexibility index (Phi) is 6.40. The van der Waals surface area contributed by atoms with Crippen molar-refractivity contribution in [2.24, 2.45) is 7.05 Å². The molecule has 1 aliphatic rings. The first-order valence-corrected chi connectivity index (χ1v) is 11.5. The third-order valence-electron chi connectivity index (χ3n) is 5.95. The topological polar surface area (TPSA) is 114 Å². The molecule has 0 atom stereocenters. The van der Waals surface area contributed by atoms with E-state index in [-0.39, 0.29) is 24.9 Å². The number of ketones is 1. The number of Topliss-reactive ketones (excluding diaryl/α,β-unsaturated/α-hetero) is 1. The van der Waals surface area contributed by atoms with Crippen molar-refractivity contribution in [2.45, 2.75) is 25.9 Å². The molecular formula is C26H26N6O3. The van der Waals surface area contributed by atoms with Gasteiger partial charge in [-0.2, -0.15) is 5.10 Å². The number of fused-ring (bicyclic) bond motifs is 1. The number of H-pyrrole nitrogens is 1. The molecule has 0 unspecified atom stereocenters. The summed E-state index contributed by atoms with van der Waals surface area (Å²) >= 11 is 0. The third kappa shape index (κ3) is 4.99. The second kappa shape index (κ2) is 9.94. The van der Waals surface area contributed by atoms with Crippen molar-refractivity contribution < 1.29 is 14.3 Å². The second-order valence-corrected chi connectivity index (χ2v) is 8.41. The van der Waals surface area contributed by atoms with Crippen LogP contribution in [0.3, 0.4) is 0 Å². The molecule has 1 aliphatic carbocycles. The van der Waals surface area contributed by atoms with E-state index in [4.69, 9.17) is 4.74 Å². The van der Waals surface area contributed by atoms with Gasteiger partial charge in [-0.05, 0) is 43.2 Å². The highest BCUT2D eigenvalue weighted by atomic mass is 16.5. The predicted molar refractivity (Wildman–Crippen MR) is 133 cm³/mol. The fourth-order valence-electron chi connectivity index (χ4n) is 4.23. The van der Waals surface area contributed by atoms with Crippen LogP contribution in [0.15, 0.2) is 60.9 Å². The average molecular weight is 471 g/mol. The molecule has 9 heteroatoms. The molecule has 3 aromatic heterocycles. The molecule has 0 spiro atoms. The number of hydrogen-bond acceptors (Lipinski definition) is 6. The van der Waals surface area contributed by atoms with Gasteiger partial charge in [0.15, 0.2) is 5.78 Å². The largest absolute Gasteiger partial charge is 0.365 e. The zero-order valence-electron chi connectivity index (χ0n) is 19.4. The van der Waals surface area contributed by atoms with E-state index in [0.29, 0.717) is 17.8 Å². The Bertz CT molecular complexity index is 1360. The minimum absolute atomic E-state index is 0.108. The van der Waals surface area contributed by atoms with Crippen LogP contribution in [-0.4, -0.2) is 38.0 Å². The summed E-state index contributed by atoms with van der Waals surface area (Å²) in [4.78, 5) is 33.0. The molecule has 0 fully saturated rings. The van der Waals surface area contributed by atoms with Crippen molar-refractivity contribution in [2.75, 3.05) is 17.2 Å². The van der Waals surface area contributed by atoms with Gasteiger partial charge in [0, 0.05) is 42.8 Å². The maximum absolute atomic E-state index is 12.8. The Labute approximate surface area is 202 Å². The van der Waals surface area contributed by atoms with Crippen molar-refractivity contribution in [3.8, 4) is 11.3 Å². The number of aromatic nitrogens is 4. The zero-order valence-corrected chi connectivity index (χ0v) is 19.4. The molecule has 3 heterocycles. The van der Waals surface area contributed by atoms with Gasteiger partial charge in [0.05, 0.1) is 29.2 Å². The van der Waals surface area contributed by atoms with E-state index in [2.05, 4.69) is 25.7 Å². The Morgan fingerprint density at radius 1 is 1.14 bits per heavy atom. The maximum atomic E-state index is 12.8. The molecule has 4 aromatic rings. The van der Waals surface area contributed by atoms with E-state index in [1.165, 1.54) is 0 Å². The van der Waals surface area contributed by atoms with Crippen molar-refractivity contribution in [1.82, 2.24) is 19.7 Å². The number of aryl methyl sites for hydroxylation is 2. The highest BCUT2D eigenvalue weighted by Crippen LogP contribution is 2.39. The van der Waals surface area contributed by atoms with E-state index in [9.17, 15) is 9.59 Å². The molecule has 1 amide bonds. The molecule has 5 rings (SSSR count). The van der Waals surface area contributed by atoms with E-state index < -0.39 is 0 Å². The Hall–Kier alpha value is -4.24. The van der Waals surface area contributed by atoms with E-state index in [1.54, 1.807) is 23.1 Å².